The fourth-order valence-corrected chi connectivity index (χ4v) is 1.75. The lowest BCUT2D eigenvalue weighted by Gasteiger charge is -2.27. The van der Waals surface area contributed by atoms with Gasteiger partial charge in [-0.2, -0.15) is 0 Å². The standard InChI is InChI=1S/C6H8N2O8/c9-5(10)4-2-1-3-6(4,15-7(11)12)16-8(13)14/h4H,1-3H2,(H,9,10). The predicted octanol–water partition coefficient (Wildman–Crippen LogP) is -0.0160. The molecule has 1 aliphatic rings. The van der Waals surface area contributed by atoms with Gasteiger partial charge in [0.1, 0.15) is 5.92 Å². The van der Waals surface area contributed by atoms with Crippen LogP contribution >= 0.6 is 0 Å². The summed E-state index contributed by atoms with van der Waals surface area (Å²) in [5.74, 6) is -5.18. The SMILES string of the molecule is O=C(O)C1CCCC1(O[N+](=O)[O-])O[N+](=O)[O-]. The van der Waals surface area contributed by atoms with Crippen LogP contribution in [0.2, 0.25) is 0 Å². The van der Waals surface area contributed by atoms with E-state index >= 15 is 0 Å². The van der Waals surface area contributed by atoms with Gasteiger partial charge in [-0.1, -0.05) is 0 Å². The van der Waals surface area contributed by atoms with Crippen LogP contribution < -0.4 is 0 Å². The summed E-state index contributed by atoms with van der Waals surface area (Å²) >= 11 is 0. The first-order valence-electron chi connectivity index (χ1n) is 4.27. The molecule has 0 spiro atoms. The topological polar surface area (TPSA) is 142 Å². The smallest absolute Gasteiger partial charge is 0.311 e. The maximum Gasteiger partial charge on any atom is 0.311 e. The van der Waals surface area contributed by atoms with E-state index in [0.717, 1.165) is 0 Å². The fourth-order valence-electron chi connectivity index (χ4n) is 1.75. The summed E-state index contributed by atoms with van der Waals surface area (Å²) in [5, 5.41) is 26.6. The molecule has 1 unspecified atom stereocenters. The van der Waals surface area contributed by atoms with Gasteiger partial charge in [-0.15, -0.1) is 20.2 Å². The first kappa shape index (κ1) is 11.9. The largest absolute Gasteiger partial charge is 0.481 e. The average molecular weight is 236 g/mol. The zero-order valence-corrected chi connectivity index (χ0v) is 7.90. The minimum Gasteiger partial charge on any atom is -0.481 e. The lowest BCUT2D eigenvalue weighted by atomic mass is 10.0. The Labute approximate surface area is 88.0 Å². The Morgan fingerprint density at radius 1 is 1.31 bits per heavy atom. The van der Waals surface area contributed by atoms with E-state index in [2.05, 4.69) is 9.68 Å². The molecule has 0 bridgehead atoms. The summed E-state index contributed by atoms with van der Waals surface area (Å²) < 4.78 is 0. The molecule has 90 valence electrons. The van der Waals surface area contributed by atoms with Crippen LogP contribution in [0.1, 0.15) is 19.3 Å². The highest BCUT2D eigenvalue weighted by Crippen LogP contribution is 2.40. The molecule has 0 radical (unpaired) electrons. The first-order chi connectivity index (χ1) is 7.37. The molecule has 1 saturated carbocycles. The van der Waals surface area contributed by atoms with Gasteiger partial charge < -0.3 is 5.11 Å². The van der Waals surface area contributed by atoms with E-state index in [1.165, 1.54) is 0 Å². The van der Waals surface area contributed by atoms with Crippen molar-refractivity contribution < 1.29 is 29.7 Å². The van der Waals surface area contributed by atoms with Crippen LogP contribution in [-0.4, -0.2) is 27.0 Å². The molecule has 0 heterocycles. The Bertz CT molecular complexity index is 312. The van der Waals surface area contributed by atoms with Gasteiger partial charge >= 0.3 is 5.97 Å². The van der Waals surface area contributed by atoms with Gasteiger partial charge in [0.2, 0.25) is 0 Å². The quantitative estimate of drug-likeness (QED) is 0.398. The Hall–Kier alpha value is -2.13. The minimum absolute atomic E-state index is 0.0248. The highest BCUT2D eigenvalue weighted by atomic mass is 17.1. The monoisotopic (exact) mass is 236 g/mol. The molecule has 1 aliphatic carbocycles. The van der Waals surface area contributed by atoms with Gasteiger partial charge in [-0.05, 0) is 12.8 Å². The molecule has 0 amide bonds. The van der Waals surface area contributed by atoms with Crippen molar-refractivity contribution in [2.45, 2.75) is 25.0 Å². The van der Waals surface area contributed by atoms with Crippen LogP contribution in [0, 0.1) is 26.1 Å². The first-order valence-corrected chi connectivity index (χ1v) is 4.27. The van der Waals surface area contributed by atoms with Crippen LogP contribution in [-0.2, 0) is 14.5 Å². The van der Waals surface area contributed by atoms with Crippen LogP contribution in [0.5, 0.6) is 0 Å². The molecule has 1 N–H and O–H groups in total. The van der Waals surface area contributed by atoms with E-state index in [9.17, 15) is 25.0 Å². The van der Waals surface area contributed by atoms with Crippen molar-refractivity contribution in [3.05, 3.63) is 20.2 Å². The van der Waals surface area contributed by atoms with Crippen molar-refractivity contribution in [1.29, 1.82) is 0 Å². The molecule has 0 aliphatic heterocycles. The van der Waals surface area contributed by atoms with Gasteiger partial charge in [0.15, 0.2) is 0 Å². The normalized spacial score (nSPS) is 22.4. The van der Waals surface area contributed by atoms with Gasteiger partial charge in [0, 0.05) is 6.42 Å². The van der Waals surface area contributed by atoms with Crippen molar-refractivity contribution in [1.82, 2.24) is 0 Å². The van der Waals surface area contributed by atoms with E-state index in [0.29, 0.717) is 0 Å². The van der Waals surface area contributed by atoms with E-state index in [-0.39, 0.29) is 19.3 Å². The van der Waals surface area contributed by atoms with Crippen molar-refractivity contribution in [2.75, 3.05) is 0 Å². The molecule has 1 rings (SSSR count). The van der Waals surface area contributed by atoms with E-state index in [1.807, 2.05) is 0 Å². The highest BCUT2D eigenvalue weighted by molar-refractivity contribution is 5.71. The number of carboxylic acid groups (broad SMARTS) is 1. The van der Waals surface area contributed by atoms with E-state index < -0.39 is 27.8 Å². The molecule has 16 heavy (non-hydrogen) atoms. The molecular formula is C6H8N2O8. The zero-order valence-electron chi connectivity index (χ0n) is 7.90. The van der Waals surface area contributed by atoms with E-state index in [1.54, 1.807) is 0 Å². The summed E-state index contributed by atoms with van der Waals surface area (Å²) in [6.07, 6.45) is 0.0432. The van der Waals surface area contributed by atoms with Crippen LogP contribution in [0.3, 0.4) is 0 Å². The molecule has 10 nitrogen and oxygen atoms in total. The summed E-state index contributed by atoms with van der Waals surface area (Å²) in [5.41, 5.74) is 0. The number of hydrogen-bond acceptors (Lipinski definition) is 7. The Kier molecular flexibility index (Phi) is 3.11. The van der Waals surface area contributed by atoms with Gasteiger partial charge in [-0.25, -0.2) is 0 Å². The summed E-state index contributed by atoms with van der Waals surface area (Å²) in [6, 6.07) is 0. The molecule has 1 atom stereocenters. The van der Waals surface area contributed by atoms with Crippen LogP contribution in [0.4, 0.5) is 0 Å². The minimum atomic E-state index is -2.32. The molecule has 0 aromatic carbocycles. The predicted molar refractivity (Wildman–Crippen MR) is 43.9 cm³/mol. The lowest BCUT2D eigenvalue weighted by molar-refractivity contribution is -0.874. The van der Waals surface area contributed by atoms with Gasteiger partial charge in [0.25, 0.3) is 16.0 Å². The molecule has 0 saturated heterocycles. The number of carbonyl (C=O) groups is 1. The number of carboxylic acids is 1. The molecule has 10 heteroatoms. The highest BCUT2D eigenvalue weighted by Gasteiger charge is 2.54. The van der Waals surface area contributed by atoms with Crippen LogP contribution in [0.25, 0.3) is 0 Å². The summed E-state index contributed by atoms with van der Waals surface area (Å²) in [6.45, 7) is 0. The Morgan fingerprint density at radius 3 is 2.19 bits per heavy atom. The number of rotatable bonds is 5. The fraction of sp³-hybridized carbons (Fsp3) is 0.833. The second-order valence-electron chi connectivity index (χ2n) is 3.22. The molecule has 0 aromatic rings. The maximum atomic E-state index is 10.8. The Balaban J connectivity index is 2.96. The third kappa shape index (κ3) is 2.27. The number of aliphatic carboxylic acids is 1. The summed E-state index contributed by atoms with van der Waals surface area (Å²) in [4.78, 5) is 39.3. The van der Waals surface area contributed by atoms with E-state index in [4.69, 9.17) is 5.11 Å². The third-order valence-corrected chi connectivity index (χ3v) is 2.31. The van der Waals surface area contributed by atoms with Crippen LogP contribution in [0.15, 0.2) is 0 Å². The second-order valence-corrected chi connectivity index (χ2v) is 3.22. The summed E-state index contributed by atoms with van der Waals surface area (Å²) in [7, 11) is 0. The third-order valence-electron chi connectivity index (χ3n) is 2.31. The molecule has 0 aromatic heterocycles. The average Bonchev–Trinajstić information content (AvgIpc) is 2.45. The number of nitrogens with zero attached hydrogens (tertiary/aromatic N) is 2. The van der Waals surface area contributed by atoms with Gasteiger partial charge in [0.05, 0.1) is 0 Å². The van der Waals surface area contributed by atoms with Crippen molar-refractivity contribution in [3.63, 3.8) is 0 Å². The van der Waals surface area contributed by atoms with Crippen molar-refractivity contribution in [2.24, 2.45) is 5.92 Å². The van der Waals surface area contributed by atoms with Gasteiger partial charge in [-0.3, -0.25) is 14.5 Å². The molecule has 1 fully saturated rings. The van der Waals surface area contributed by atoms with Crippen molar-refractivity contribution >= 4 is 5.97 Å². The zero-order chi connectivity index (χ0) is 12.3. The molecular weight excluding hydrogens is 228 g/mol. The Morgan fingerprint density at radius 2 is 1.81 bits per heavy atom. The number of hydrogen-bond donors (Lipinski definition) is 1. The van der Waals surface area contributed by atoms with Crippen molar-refractivity contribution in [3.8, 4) is 0 Å². The maximum absolute atomic E-state index is 10.8. The second kappa shape index (κ2) is 4.16. The lowest BCUT2D eigenvalue weighted by Crippen LogP contribution is -2.46.